The second-order valence-corrected chi connectivity index (χ2v) is 8.07. The van der Waals surface area contributed by atoms with Crippen molar-refractivity contribution in [1.29, 1.82) is 0 Å². The van der Waals surface area contributed by atoms with E-state index in [0.29, 0.717) is 17.4 Å². The highest BCUT2D eigenvalue weighted by Crippen LogP contribution is 2.29. The molecule has 21 heavy (non-hydrogen) atoms. The Balaban J connectivity index is 2.31. The Morgan fingerprint density at radius 1 is 1.33 bits per heavy atom. The summed E-state index contributed by atoms with van der Waals surface area (Å²) in [6.07, 6.45) is 1.88. The lowest BCUT2D eigenvalue weighted by Gasteiger charge is -2.35. The molecule has 118 valence electrons. The maximum absolute atomic E-state index is 12.9. The van der Waals surface area contributed by atoms with Gasteiger partial charge in [-0.1, -0.05) is 19.1 Å². The van der Waals surface area contributed by atoms with Crippen LogP contribution in [0.15, 0.2) is 29.2 Å². The van der Waals surface area contributed by atoms with Gasteiger partial charge in [0.05, 0.1) is 4.90 Å². The van der Waals surface area contributed by atoms with Crippen molar-refractivity contribution in [2.75, 3.05) is 13.6 Å². The molecule has 0 amide bonds. The van der Waals surface area contributed by atoms with Gasteiger partial charge in [-0.15, -0.1) is 0 Å². The molecule has 1 saturated heterocycles. The zero-order valence-corrected chi connectivity index (χ0v) is 14.2. The molecule has 1 N–H and O–H groups in total. The van der Waals surface area contributed by atoms with Gasteiger partial charge in [0.15, 0.2) is 0 Å². The first kappa shape index (κ1) is 16.5. The number of piperidine rings is 1. The zero-order chi connectivity index (χ0) is 15.6. The summed E-state index contributed by atoms with van der Waals surface area (Å²) < 4.78 is 27.4. The van der Waals surface area contributed by atoms with E-state index in [1.54, 1.807) is 16.4 Å². The van der Waals surface area contributed by atoms with Crippen LogP contribution < -0.4 is 5.32 Å². The van der Waals surface area contributed by atoms with E-state index in [1.807, 2.05) is 33.0 Å². The quantitative estimate of drug-likeness (QED) is 0.930. The molecule has 0 aromatic heterocycles. The summed E-state index contributed by atoms with van der Waals surface area (Å²) in [6, 6.07) is 7.49. The van der Waals surface area contributed by atoms with E-state index in [-0.39, 0.29) is 12.1 Å². The monoisotopic (exact) mass is 310 g/mol. The van der Waals surface area contributed by atoms with Gasteiger partial charge in [-0.05, 0) is 57.4 Å². The van der Waals surface area contributed by atoms with Crippen LogP contribution in [0.5, 0.6) is 0 Å². The van der Waals surface area contributed by atoms with Crippen molar-refractivity contribution in [3.8, 4) is 0 Å². The lowest BCUT2D eigenvalue weighted by atomic mass is 9.95. The Hall–Kier alpha value is -0.910. The lowest BCUT2D eigenvalue weighted by molar-refractivity contribution is 0.220. The van der Waals surface area contributed by atoms with Crippen LogP contribution in [-0.2, 0) is 10.0 Å². The molecule has 2 rings (SSSR count). The van der Waals surface area contributed by atoms with Gasteiger partial charge in [0.25, 0.3) is 0 Å². The van der Waals surface area contributed by atoms with Crippen LogP contribution in [0.3, 0.4) is 0 Å². The largest absolute Gasteiger partial charge is 0.313 e. The Morgan fingerprint density at radius 2 is 2.05 bits per heavy atom. The van der Waals surface area contributed by atoms with Crippen LogP contribution >= 0.6 is 0 Å². The van der Waals surface area contributed by atoms with Crippen LogP contribution in [-0.4, -0.2) is 32.4 Å². The first-order chi connectivity index (χ1) is 9.86. The number of hydrogen-bond acceptors (Lipinski definition) is 3. The number of nitrogens with zero attached hydrogens (tertiary/aromatic N) is 1. The number of hydrogen-bond donors (Lipinski definition) is 1. The van der Waals surface area contributed by atoms with Crippen molar-refractivity contribution in [1.82, 2.24) is 9.62 Å². The average Bonchev–Trinajstić information content (AvgIpc) is 2.46. The Kier molecular flexibility index (Phi) is 5.07. The first-order valence-corrected chi connectivity index (χ1v) is 9.09. The number of rotatable bonds is 4. The van der Waals surface area contributed by atoms with E-state index in [2.05, 4.69) is 12.2 Å². The van der Waals surface area contributed by atoms with Crippen LogP contribution in [0.2, 0.25) is 0 Å². The Bertz CT molecular complexity index is 586. The van der Waals surface area contributed by atoms with Gasteiger partial charge in [0, 0.05) is 18.6 Å². The van der Waals surface area contributed by atoms with Crippen molar-refractivity contribution in [3.05, 3.63) is 29.8 Å². The normalized spacial score (nSPS) is 25.7. The van der Waals surface area contributed by atoms with Gasteiger partial charge in [-0.25, -0.2) is 8.42 Å². The van der Waals surface area contributed by atoms with E-state index < -0.39 is 10.0 Å². The molecular weight excluding hydrogens is 284 g/mol. The second kappa shape index (κ2) is 6.46. The molecule has 1 aliphatic rings. The smallest absolute Gasteiger partial charge is 0.243 e. The summed E-state index contributed by atoms with van der Waals surface area (Å²) in [5.74, 6) is 0.599. The minimum Gasteiger partial charge on any atom is -0.313 e. The highest BCUT2D eigenvalue weighted by molar-refractivity contribution is 7.89. The van der Waals surface area contributed by atoms with Crippen molar-refractivity contribution in [2.45, 2.75) is 50.6 Å². The van der Waals surface area contributed by atoms with Crippen LogP contribution in [0, 0.1) is 5.92 Å². The van der Waals surface area contributed by atoms with Crippen molar-refractivity contribution < 1.29 is 8.42 Å². The van der Waals surface area contributed by atoms with E-state index in [1.165, 1.54) is 0 Å². The van der Waals surface area contributed by atoms with Crippen LogP contribution in [0.1, 0.15) is 45.2 Å². The molecule has 0 radical (unpaired) electrons. The summed E-state index contributed by atoms with van der Waals surface area (Å²) in [4.78, 5) is 0.406. The third-order valence-corrected chi connectivity index (χ3v) is 6.48. The van der Waals surface area contributed by atoms with E-state index in [0.717, 1.165) is 18.4 Å². The van der Waals surface area contributed by atoms with E-state index >= 15 is 0 Å². The first-order valence-electron chi connectivity index (χ1n) is 7.65. The Morgan fingerprint density at radius 3 is 2.67 bits per heavy atom. The number of sulfonamides is 1. The molecule has 0 bridgehead atoms. The molecule has 3 atom stereocenters. The molecule has 1 aromatic carbocycles. The molecule has 0 aliphatic carbocycles. The fraction of sp³-hybridized carbons (Fsp3) is 0.625. The summed E-state index contributed by atoms with van der Waals surface area (Å²) >= 11 is 0. The molecule has 0 spiro atoms. The molecule has 1 aromatic rings. The third kappa shape index (κ3) is 3.47. The van der Waals surface area contributed by atoms with Gasteiger partial charge >= 0.3 is 0 Å². The van der Waals surface area contributed by atoms with Gasteiger partial charge in [0.2, 0.25) is 10.0 Å². The Labute approximate surface area is 128 Å². The molecule has 1 heterocycles. The zero-order valence-electron chi connectivity index (χ0n) is 13.3. The van der Waals surface area contributed by atoms with E-state index in [9.17, 15) is 8.42 Å². The summed E-state index contributed by atoms with van der Waals surface area (Å²) in [5, 5.41) is 3.15. The summed E-state index contributed by atoms with van der Waals surface area (Å²) in [5.41, 5.74) is 0.997. The number of benzene rings is 1. The maximum atomic E-state index is 12.9. The molecular formula is C16H26N2O2S. The van der Waals surface area contributed by atoms with Gasteiger partial charge in [0.1, 0.15) is 0 Å². The molecule has 1 aliphatic heterocycles. The predicted molar refractivity (Wildman–Crippen MR) is 85.7 cm³/mol. The second-order valence-electron chi connectivity index (χ2n) is 6.18. The highest BCUT2D eigenvalue weighted by Gasteiger charge is 2.33. The third-order valence-electron chi connectivity index (χ3n) is 4.48. The minimum atomic E-state index is -3.39. The minimum absolute atomic E-state index is 0.0733. The van der Waals surface area contributed by atoms with E-state index in [4.69, 9.17) is 0 Å². The predicted octanol–water partition coefficient (Wildman–Crippen LogP) is 2.78. The molecule has 5 heteroatoms. The fourth-order valence-corrected chi connectivity index (χ4v) is 4.70. The van der Waals surface area contributed by atoms with Gasteiger partial charge in [-0.2, -0.15) is 4.31 Å². The van der Waals surface area contributed by atoms with Crippen molar-refractivity contribution >= 4 is 10.0 Å². The van der Waals surface area contributed by atoms with Crippen LogP contribution in [0.25, 0.3) is 0 Å². The van der Waals surface area contributed by atoms with Crippen LogP contribution in [0.4, 0.5) is 0 Å². The maximum Gasteiger partial charge on any atom is 0.243 e. The molecule has 0 saturated carbocycles. The fourth-order valence-electron chi connectivity index (χ4n) is 2.99. The summed E-state index contributed by atoms with van der Waals surface area (Å²) in [7, 11) is -1.52. The number of nitrogens with one attached hydrogen (secondary N) is 1. The summed E-state index contributed by atoms with van der Waals surface area (Å²) in [6.45, 7) is 6.84. The standard InChI is InChI=1S/C16H26N2O2S/c1-12-8-9-18(13(2)10-12)21(19,20)16-7-5-6-15(11-16)14(3)17-4/h5-7,11-14,17H,8-10H2,1-4H3. The molecule has 1 fully saturated rings. The van der Waals surface area contributed by atoms with Gasteiger partial charge in [-0.3, -0.25) is 0 Å². The highest BCUT2D eigenvalue weighted by atomic mass is 32.2. The topological polar surface area (TPSA) is 49.4 Å². The van der Waals surface area contributed by atoms with Gasteiger partial charge < -0.3 is 5.32 Å². The lowest BCUT2D eigenvalue weighted by Crippen LogP contribution is -2.44. The van der Waals surface area contributed by atoms with Crippen molar-refractivity contribution in [3.63, 3.8) is 0 Å². The average molecular weight is 310 g/mol. The SMILES string of the molecule is CNC(C)c1cccc(S(=O)(=O)N2CCC(C)CC2C)c1. The molecule has 3 unspecified atom stereocenters. The van der Waals surface area contributed by atoms with Crippen molar-refractivity contribution in [2.24, 2.45) is 5.92 Å². The molecule has 4 nitrogen and oxygen atoms in total.